The molecule has 1 atom stereocenters. The number of rotatable bonds is 7. The predicted octanol–water partition coefficient (Wildman–Crippen LogP) is 3.25. The summed E-state index contributed by atoms with van der Waals surface area (Å²) >= 11 is 8.03. The van der Waals surface area contributed by atoms with E-state index in [1.165, 1.54) is 10.4 Å². The summed E-state index contributed by atoms with van der Waals surface area (Å²) in [5.74, 6) is -0.497. The van der Waals surface area contributed by atoms with Crippen LogP contribution >= 0.6 is 22.9 Å². The van der Waals surface area contributed by atoms with Gasteiger partial charge in [-0.25, -0.2) is 4.79 Å². The monoisotopic (exact) mass is 396 g/mol. The van der Waals surface area contributed by atoms with Crippen molar-refractivity contribution in [2.75, 3.05) is 19.8 Å². The lowest BCUT2D eigenvalue weighted by Gasteiger charge is -2.33. The van der Waals surface area contributed by atoms with Gasteiger partial charge in [0.25, 0.3) is 5.09 Å². The van der Waals surface area contributed by atoms with Gasteiger partial charge in [-0.05, 0) is 35.1 Å². The molecule has 0 aliphatic carbocycles. The minimum absolute atomic E-state index is 0.196. The molecule has 1 aliphatic heterocycles. The normalized spacial score (nSPS) is 15.1. The summed E-state index contributed by atoms with van der Waals surface area (Å²) < 4.78 is 5.22. The summed E-state index contributed by atoms with van der Waals surface area (Å²) in [6.45, 7) is 0.820. The molecule has 0 bridgehead atoms. The Balaban J connectivity index is 1.78. The first kappa shape index (κ1) is 18.6. The van der Waals surface area contributed by atoms with Gasteiger partial charge in [-0.3, -0.25) is 4.90 Å². The van der Waals surface area contributed by atoms with E-state index in [-0.39, 0.29) is 13.2 Å². The molecule has 1 aliphatic rings. The van der Waals surface area contributed by atoms with Gasteiger partial charge in [-0.15, -0.1) is 21.5 Å². The molecule has 1 aromatic carbocycles. The van der Waals surface area contributed by atoms with E-state index in [1.54, 1.807) is 29.5 Å². The first-order valence-electron chi connectivity index (χ1n) is 8.04. The van der Waals surface area contributed by atoms with Crippen LogP contribution in [0, 0.1) is 10.1 Å². The molecule has 0 saturated heterocycles. The fraction of sp³-hybridized carbons (Fsp3) is 0.353. The van der Waals surface area contributed by atoms with Gasteiger partial charge in [-0.1, -0.05) is 29.8 Å². The van der Waals surface area contributed by atoms with Crippen molar-refractivity contribution in [2.24, 2.45) is 0 Å². The van der Waals surface area contributed by atoms with E-state index in [9.17, 15) is 14.9 Å². The van der Waals surface area contributed by atoms with E-state index in [2.05, 4.69) is 10.9 Å². The topological polar surface area (TPSA) is 81.9 Å². The van der Waals surface area contributed by atoms with Crippen LogP contribution in [0.1, 0.15) is 22.0 Å². The van der Waals surface area contributed by atoms with Crippen LogP contribution in [0.2, 0.25) is 5.02 Å². The van der Waals surface area contributed by atoms with Crippen molar-refractivity contribution in [1.29, 1.82) is 0 Å². The maximum Gasteiger partial charge on any atom is 0.328 e. The number of ether oxygens (including phenoxy) is 1. The Hall–Kier alpha value is -2.16. The molecule has 3 rings (SSSR count). The number of nitrogens with zero attached hydrogens (tertiary/aromatic N) is 2. The molecule has 0 amide bonds. The SMILES string of the molecule is O=C(OCCO[N+](=O)[O-])C(c1ccccc1Cl)N1CCc2sccc2C1. The van der Waals surface area contributed by atoms with Crippen molar-refractivity contribution in [1.82, 2.24) is 4.90 Å². The quantitative estimate of drug-likeness (QED) is 0.309. The summed E-state index contributed by atoms with van der Waals surface area (Å²) in [5.41, 5.74) is 1.86. The highest BCUT2D eigenvalue weighted by Gasteiger charge is 2.33. The molecule has 0 saturated carbocycles. The Morgan fingerprint density at radius 2 is 2.15 bits per heavy atom. The largest absolute Gasteiger partial charge is 0.462 e. The van der Waals surface area contributed by atoms with Gasteiger partial charge in [0.2, 0.25) is 0 Å². The second kappa shape index (κ2) is 8.48. The lowest BCUT2D eigenvalue weighted by molar-refractivity contribution is -0.757. The Morgan fingerprint density at radius 3 is 2.92 bits per heavy atom. The number of fused-ring (bicyclic) bond motifs is 1. The Morgan fingerprint density at radius 1 is 1.35 bits per heavy atom. The van der Waals surface area contributed by atoms with Crippen molar-refractivity contribution in [3.05, 3.63) is 66.9 Å². The molecular formula is C17H17ClN2O5S. The van der Waals surface area contributed by atoms with Crippen LogP contribution in [0.5, 0.6) is 0 Å². The summed E-state index contributed by atoms with van der Waals surface area (Å²) in [6, 6.07) is 8.53. The maximum atomic E-state index is 12.7. The molecule has 0 spiro atoms. The van der Waals surface area contributed by atoms with Crippen LogP contribution < -0.4 is 0 Å². The Kier molecular flexibility index (Phi) is 6.08. The minimum atomic E-state index is -0.915. The summed E-state index contributed by atoms with van der Waals surface area (Å²) in [6.07, 6.45) is 0.853. The molecular weight excluding hydrogens is 380 g/mol. The standard InChI is InChI=1S/C17H17ClN2O5S/c18-14-4-2-1-3-13(14)16(17(21)24-8-9-25-20(22)23)19-7-5-15-12(11-19)6-10-26-15/h1-4,6,10,16H,5,7-9,11H2. The minimum Gasteiger partial charge on any atom is -0.462 e. The summed E-state index contributed by atoms with van der Waals surface area (Å²) in [5, 5.41) is 11.8. The van der Waals surface area contributed by atoms with Crippen LogP contribution in [0.15, 0.2) is 35.7 Å². The Bertz CT molecular complexity index is 797. The number of benzene rings is 1. The molecule has 2 aromatic rings. The Labute approximate surface area is 159 Å². The third-order valence-corrected chi connectivity index (χ3v) is 5.52. The number of carbonyl (C=O) groups is 1. The maximum absolute atomic E-state index is 12.7. The number of hydrogen-bond acceptors (Lipinski definition) is 7. The van der Waals surface area contributed by atoms with Crippen LogP contribution in [0.25, 0.3) is 0 Å². The van der Waals surface area contributed by atoms with E-state index in [4.69, 9.17) is 16.3 Å². The first-order valence-corrected chi connectivity index (χ1v) is 9.29. The lowest BCUT2D eigenvalue weighted by atomic mass is 10.0. The third-order valence-electron chi connectivity index (χ3n) is 4.15. The highest BCUT2D eigenvalue weighted by Crippen LogP contribution is 2.34. The van der Waals surface area contributed by atoms with Crippen LogP contribution in [0.4, 0.5) is 0 Å². The number of thiophene rings is 1. The number of esters is 1. The highest BCUT2D eigenvalue weighted by molar-refractivity contribution is 7.10. The van der Waals surface area contributed by atoms with E-state index < -0.39 is 17.1 Å². The van der Waals surface area contributed by atoms with E-state index in [0.717, 1.165) is 6.42 Å². The zero-order valence-corrected chi connectivity index (χ0v) is 15.4. The molecule has 0 fully saturated rings. The fourth-order valence-corrected chi connectivity index (χ4v) is 4.12. The molecule has 0 N–H and O–H groups in total. The molecule has 2 heterocycles. The molecule has 138 valence electrons. The zero-order chi connectivity index (χ0) is 18.5. The third kappa shape index (κ3) is 4.32. The van der Waals surface area contributed by atoms with Gasteiger partial charge < -0.3 is 9.57 Å². The predicted molar refractivity (Wildman–Crippen MR) is 96.5 cm³/mol. The molecule has 9 heteroatoms. The van der Waals surface area contributed by atoms with Gasteiger partial charge in [0.15, 0.2) is 0 Å². The molecule has 0 radical (unpaired) electrons. The molecule has 26 heavy (non-hydrogen) atoms. The van der Waals surface area contributed by atoms with Crippen molar-refractivity contribution in [2.45, 2.75) is 19.0 Å². The number of hydrogen-bond donors (Lipinski definition) is 0. The van der Waals surface area contributed by atoms with Gasteiger partial charge in [0, 0.05) is 23.0 Å². The van der Waals surface area contributed by atoms with Gasteiger partial charge in [0.1, 0.15) is 19.3 Å². The van der Waals surface area contributed by atoms with E-state index in [0.29, 0.717) is 23.7 Å². The molecule has 7 nitrogen and oxygen atoms in total. The summed E-state index contributed by atoms with van der Waals surface area (Å²) in [4.78, 5) is 30.5. The fourth-order valence-electron chi connectivity index (χ4n) is 2.99. The van der Waals surface area contributed by atoms with Crippen LogP contribution in [-0.2, 0) is 27.3 Å². The van der Waals surface area contributed by atoms with Gasteiger partial charge >= 0.3 is 5.97 Å². The average molecular weight is 397 g/mol. The number of carbonyl (C=O) groups excluding carboxylic acids is 1. The number of halogens is 1. The second-order valence-electron chi connectivity index (χ2n) is 5.74. The summed E-state index contributed by atoms with van der Waals surface area (Å²) in [7, 11) is 0. The smallest absolute Gasteiger partial charge is 0.328 e. The van der Waals surface area contributed by atoms with Crippen molar-refractivity contribution in [3.63, 3.8) is 0 Å². The highest BCUT2D eigenvalue weighted by atomic mass is 35.5. The second-order valence-corrected chi connectivity index (χ2v) is 7.15. The average Bonchev–Trinajstić information content (AvgIpc) is 3.08. The molecule has 1 unspecified atom stereocenters. The van der Waals surface area contributed by atoms with Crippen molar-refractivity contribution < 1.29 is 19.5 Å². The van der Waals surface area contributed by atoms with E-state index >= 15 is 0 Å². The lowest BCUT2D eigenvalue weighted by Crippen LogP contribution is -2.39. The van der Waals surface area contributed by atoms with Gasteiger partial charge in [-0.2, -0.15) is 0 Å². The van der Waals surface area contributed by atoms with Crippen molar-refractivity contribution >= 4 is 28.9 Å². The van der Waals surface area contributed by atoms with Gasteiger partial charge in [0.05, 0.1) is 0 Å². The van der Waals surface area contributed by atoms with Crippen LogP contribution in [-0.4, -0.2) is 35.7 Å². The first-order chi connectivity index (χ1) is 12.6. The van der Waals surface area contributed by atoms with E-state index in [1.807, 2.05) is 16.3 Å². The zero-order valence-electron chi connectivity index (χ0n) is 13.8. The van der Waals surface area contributed by atoms with Crippen molar-refractivity contribution in [3.8, 4) is 0 Å². The molecule has 1 aromatic heterocycles. The van der Waals surface area contributed by atoms with Crippen LogP contribution in [0.3, 0.4) is 0 Å².